The molecule has 4 rings (SSSR count). The van der Waals surface area contributed by atoms with Crippen molar-refractivity contribution in [1.82, 2.24) is 14.5 Å². The van der Waals surface area contributed by atoms with Crippen molar-refractivity contribution in [2.24, 2.45) is 12.8 Å². The van der Waals surface area contributed by atoms with E-state index in [1.807, 2.05) is 84.2 Å². The molecule has 4 N–H and O–H groups in total. The smallest absolute Gasteiger partial charge is 0.307 e. The Hall–Kier alpha value is -4.70. The van der Waals surface area contributed by atoms with Crippen LogP contribution in [0.1, 0.15) is 35.1 Å². The van der Waals surface area contributed by atoms with Crippen molar-refractivity contribution < 1.29 is 14.3 Å². The first-order valence-electron chi connectivity index (χ1n) is 13.6. The molecule has 0 saturated carbocycles. The van der Waals surface area contributed by atoms with Gasteiger partial charge in [-0.15, -0.1) is 0 Å². The number of aryl methyl sites for hydroxylation is 1. The number of fused-ring (bicyclic) bond motifs is 1. The molecule has 0 bridgehead atoms. The van der Waals surface area contributed by atoms with Gasteiger partial charge in [-0.2, -0.15) is 0 Å². The van der Waals surface area contributed by atoms with Crippen LogP contribution in [0.5, 0.6) is 0 Å². The molecule has 0 saturated heterocycles. The molecule has 41 heavy (non-hydrogen) atoms. The van der Waals surface area contributed by atoms with E-state index in [1.54, 1.807) is 24.0 Å². The molecule has 0 atom stereocenters. The second-order valence-electron chi connectivity index (χ2n) is 9.79. The number of nitrogen functional groups attached to an aromatic ring is 1. The number of esters is 1. The number of hydrogen-bond donors (Lipinski definition) is 3. The lowest BCUT2D eigenvalue weighted by molar-refractivity contribution is -0.143. The van der Waals surface area contributed by atoms with E-state index in [0.717, 1.165) is 28.2 Å². The number of rotatable bonds is 13. The number of imidazole rings is 1. The van der Waals surface area contributed by atoms with E-state index in [1.165, 1.54) is 0 Å². The molecule has 1 heterocycles. The lowest BCUT2D eigenvalue weighted by Crippen LogP contribution is -2.38. The Morgan fingerprint density at radius 3 is 2.39 bits per heavy atom. The number of para-hydroxylation sites is 1. The van der Waals surface area contributed by atoms with Crippen LogP contribution < -0.4 is 16.0 Å². The third kappa shape index (κ3) is 7.49. The second kappa shape index (κ2) is 13.6. The number of carbonyl (C=O) groups excluding carboxylic acids is 2. The quantitative estimate of drug-likeness (QED) is 0.129. The van der Waals surface area contributed by atoms with Crippen LogP contribution in [0.3, 0.4) is 0 Å². The predicted octanol–water partition coefficient (Wildman–Crippen LogP) is 4.00. The van der Waals surface area contributed by atoms with Crippen molar-refractivity contribution >= 4 is 40.1 Å². The van der Waals surface area contributed by atoms with Crippen molar-refractivity contribution in [2.75, 3.05) is 43.5 Å². The summed E-state index contributed by atoms with van der Waals surface area (Å²) in [6.07, 6.45) is 0.306. The first kappa shape index (κ1) is 29.3. The summed E-state index contributed by atoms with van der Waals surface area (Å²) in [7, 11) is 3.88. The lowest BCUT2D eigenvalue weighted by atomic mass is 10.1. The van der Waals surface area contributed by atoms with Crippen LogP contribution in [-0.4, -0.2) is 65.5 Å². The van der Waals surface area contributed by atoms with Crippen molar-refractivity contribution in [2.45, 2.75) is 19.9 Å². The zero-order valence-electron chi connectivity index (χ0n) is 23.8. The normalized spacial score (nSPS) is 11.0. The van der Waals surface area contributed by atoms with Crippen molar-refractivity contribution in [3.8, 4) is 0 Å². The third-order valence-corrected chi connectivity index (χ3v) is 6.89. The summed E-state index contributed by atoms with van der Waals surface area (Å²) >= 11 is 0. The minimum atomic E-state index is -0.223. The van der Waals surface area contributed by atoms with Crippen LogP contribution in [-0.2, 0) is 23.1 Å². The maximum Gasteiger partial charge on any atom is 0.307 e. The highest BCUT2D eigenvalue weighted by Crippen LogP contribution is 2.22. The molecule has 214 valence electrons. The van der Waals surface area contributed by atoms with Crippen LogP contribution in [0.4, 0.5) is 11.4 Å². The number of likely N-dealkylation sites (N-methyl/N-ethyl adjacent to an activating group) is 1. The number of amides is 1. The fourth-order valence-corrected chi connectivity index (χ4v) is 4.50. The Morgan fingerprint density at radius 1 is 1.00 bits per heavy atom. The van der Waals surface area contributed by atoms with E-state index in [-0.39, 0.29) is 17.7 Å². The molecule has 3 aromatic carbocycles. The van der Waals surface area contributed by atoms with Crippen molar-refractivity contribution in [3.63, 3.8) is 0 Å². The van der Waals surface area contributed by atoms with Gasteiger partial charge in [0.2, 0.25) is 0 Å². The number of ether oxygens (including phenoxy) is 1. The van der Waals surface area contributed by atoms with Gasteiger partial charge in [-0.3, -0.25) is 15.0 Å². The highest BCUT2D eigenvalue weighted by Gasteiger charge is 2.20. The maximum atomic E-state index is 13.8. The van der Waals surface area contributed by atoms with Gasteiger partial charge >= 0.3 is 5.97 Å². The van der Waals surface area contributed by atoms with Crippen LogP contribution >= 0.6 is 0 Å². The average molecular weight is 556 g/mol. The summed E-state index contributed by atoms with van der Waals surface area (Å²) in [6.45, 7) is 4.25. The van der Waals surface area contributed by atoms with Crippen LogP contribution in [0.25, 0.3) is 11.0 Å². The van der Waals surface area contributed by atoms with Gasteiger partial charge in [-0.05, 0) is 68.6 Å². The number of benzene rings is 3. The Labute approximate surface area is 240 Å². The second-order valence-corrected chi connectivity index (χ2v) is 9.79. The van der Waals surface area contributed by atoms with Crippen molar-refractivity contribution in [1.29, 1.82) is 5.41 Å². The zero-order chi connectivity index (χ0) is 29.4. The minimum Gasteiger partial charge on any atom is -0.466 e. The minimum absolute atomic E-state index is 0.0316. The molecule has 0 fully saturated rings. The van der Waals surface area contributed by atoms with Gasteiger partial charge in [0.1, 0.15) is 11.7 Å². The average Bonchev–Trinajstić information content (AvgIpc) is 3.30. The number of nitrogens with zero attached hydrogens (tertiary/aromatic N) is 4. The van der Waals surface area contributed by atoms with Crippen LogP contribution in [0, 0.1) is 5.41 Å². The van der Waals surface area contributed by atoms with E-state index in [9.17, 15) is 9.59 Å². The van der Waals surface area contributed by atoms with Gasteiger partial charge in [0.15, 0.2) is 0 Å². The van der Waals surface area contributed by atoms with E-state index in [0.29, 0.717) is 50.3 Å². The Morgan fingerprint density at radius 2 is 1.71 bits per heavy atom. The summed E-state index contributed by atoms with van der Waals surface area (Å²) in [6, 6.07) is 22.5. The number of carbonyl (C=O) groups is 2. The number of nitrogens with two attached hydrogens (primary N) is 1. The molecule has 4 aromatic rings. The third-order valence-electron chi connectivity index (χ3n) is 6.89. The van der Waals surface area contributed by atoms with E-state index in [4.69, 9.17) is 20.9 Å². The summed E-state index contributed by atoms with van der Waals surface area (Å²) in [4.78, 5) is 34.1. The summed E-state index contributed by atoms with van der Waals surface area (Å²) < 4.78 is 7.03. The van der Waals surface area contributed by atoms with E-state index >= 15 is 0 Å². The van der Waals surface area contributed by atoms with Crippen molar-refractivity contribution in [3.05, 3.63) is 89.7 Å². The molecule has 0 radical (unpaired) electrons. The first-order valence-corrected chi connectivity index (χ1v) is 13.6. The highest BCUT2D eigenvalue weighted by atomic mass is 16.5. The predicted molar refractivity (Wildman–Crippen MR) is 162 cm³/mol. The lowest BCUT2D eigenvalue weighted by Gasteiger charge is -2.26. The number of anilines is 2. The van der Waals surface area contributed by atoms with E-state index in [2.05, 4.69) is 5.32 Å². The summed E-state index contributed by atoms with van der Waals surface area (Å²) in [5.74, 6) is 0.514. The Bertz CT molecular complexity index is 1500. The molecule has 0 unspecified atom stereocenters. The topological polar surface area (TPSA) is 130 Å². The molecule has 1 aromatic heterocycles. The van der Waals surface area contributed by atoms with Gasteiger partial charge in [0.25, 0.3) is 5.91 Å². The van der Waals surface area contributed by atoms with Gasteiger partial charge in [-0.1, -0.05) is 18.2 Å². The largest absolute Gasteiger partial charge is 0.466 e. The Kier molecular flexibility index (Phi) is 9.70. The van der Waals surface area contributed by atoms with Gasteiger partial charge in [0.05, 0.1) is 30.6 Å². The van der Waals surface area contributed by atoms with E-state index < -0.39 is 0 Å². The van der Waals surface area contributed by atoms with Crippen LogP contribution in [0.2, 0.25) is 0 Å². The number of aromatic nitrogens is 2. The molecule has 10 nitrogen and oxygen atoms in total. The Balaban J connectivity index is 1.48. The summed E-state index contributed by atoms with van der Waals surface area (Å²) in [5, 5.41) is 10.9. The molecule has 0 spiro atoms. The molecule has 0 aliphatic carbocycles. The maximum absolute atomic E-state index is 13.8. The molecule has 0 aliphatic heterocycles. The molecule has 1 amide bonds. The zero-order valence-corrected chi connectivity index (χ0v) is 23.8. The standard InChI is InChI=1S/C31H37N7O3/c1-4-41-29(39)16-17-36(2)18-19-38(25-8-6-5-7-9-25)31(40)23-12-15-27-26(20-23)35-28(37(27)3)21-34-24-13-10-22(11-14-24)30(32)33/h5-15,20,34H,4,16-19,21H2,1-3H3,(H3,32,33). The number of nitrogens with one attached hydrogen (secondary N) is 2. The molecular weight excluding hydrogens is 518 g/mol. The molecular formula is C31H37N7O3. The van der Waals surface area contributed by atoms with Gasteiger partial charge in [0, 0.05) is 49.2 Å². The fourth-order valence-electron chi connectivity index (χ4n) is 4.50. The van der Waals surface area contributed by atoms with Crippen LogP contribution in [0.15, 0.2) is 72.8 Å². The fraction of sp³-hybridized carbons (Fsp3) is 0.290. The summed E-state index contributed by atoms with van der Waals surface area (Å²) in [5.41, 5.74) is 10.1. The SMILES string of the molecule is CCOC(=O)CCN(C)CCN(C(=O)c1ccc2c(c1)nc(CNc1ccc(C(=N)N)cc1)n2C)c1ccccc1. The molecule has 0 aliphatic rings. The van der Waals surface area contributed by atoms with Gasteiger partial charge < -0.3 is 30.2 Å². The monoisotopic (exact) mass is 555 g/mol. The highest BCUT2D eigenvalue weighted by molar-refractivity contribution is 6.07. The number of amidine groups is 1. The first-order chi connectivity index (χ1) is 19.8. The number of hydrogen-bond acceptors (Lipinski definition) is 7. The van der Waals surface area contributed by atoms with Gasteiger partial charge in [-0.25, -0.2) is 4.98 Å². The molecule has 10 heteroatoms.